The zero-order valence-corrected chi connectivity index (χ0v) is 13.4. The molecule has 6 nitrogen and oxygen atoms in total. The van der Waals surface area contributed by atoms with Gasteiger partial charge in [-0.05, 0) is 35.7 Å². The van der Waals surface area contributed by atoms with Crippen LogP contribution in [0.1, 0.15) is 19.8 Å². The smallest absolute Gasteiger partial charge is 0.283 e. The average molecular weight is 346 g/mol. The van der Waals surface area contributed by atoms with Crippen molar-refractivity contribution in [2.75, 3.05) is 25.6 Å². The molecule has 0 aliphatic heterocycles. The lowest BCUT2D eigenvalue weighted by Gasteiger charge is -2.36. The van der Waals surface area contributed by atoms with E-state index in [0.717, 1.165) is 25.1 Å². The fraction of sp³-hybridized carbons (Fsp3) is 0.692. The molecule has 0 aromatic carbocycles. The number of ether oxygens (including phenoxy) is 2. The van der Waals surface area contributed by atoms with E-state index in [1.54, 1.807) is 13.3 Å². The first-order chi connectivity index (χ1) is 9.65. The molecule has 0 radical (unpaired) electrons. The van der Waals surface area contributed by atoms with E-state index in [1.165, 1.54) is 4.68 Å². The SMILES string of the molecule is CCOC1CC(Nc2cnn(CCOC)c(=O)c2Br)C1. The molecule has 1 aliphatic carbocycles. The van der Waals surface area contributed by atoms with Crippen molar-refractivity contribution in [3.63, 3.8) is 0 Å². The van der Waals surface area contributed by atoms with E-state index in [1.807, 2.05) is 6.92 Å². The summed E-state index contributed by atoms with van der Waals surface area (Å²) in [6.45, 7) is 3.66. The molecule has 1 fully saturated rings. The summed E-state index contributed by atoms with van der Waals surface area (Å²) in [7, 11) is 1.60. The van der Waals surface area contributed by atoms with Crippen molar-refractivity contribution in [2.24, 2.45) is 0 Å². The Hall–Kier alpha value is -0.920. The molecule has 1 saturated carbocycles. The van der Waals surface area contributed by atoms with Crippen LogP contribution in [0.15, 0.2) is 15.5 Å². The van der Waals surface area contributed by atoms with Crippen molar-refractivity contribution < 1.29 is 9.47 Å². The molecule has 0 unspecified atom stereocenters. The van der Waals surface area contributed by atoms with Crippen molar-refractivity contribution in [3.8, 4) is 0 Å². The maximum atomic E-state index is 12.1. The van der Waals surface area contributed by atoms with E-state index in [2.05, 4.69) is 26.3 Å². The second-order valence-electron chi connectivity index (χ2n) is 4.78. The highest BCUT2D eigenvalue weighted by Crippen LogP contribution is 2.28. The number of nitrogens with zero attached hydrogens (tertiary/aromatic N) is 2. The van der Waals surface area contributed by atoms with Gasteiger partial charge in [-0.2, -0.15) is 5.10 Å². The third-order valence-corrected chi connectivity index (χ3v) is 4.12. The first-order valence-corrected chi connectivity index (χ1v) is 7.57. The third kappa shape index (κ3) is 3.59. The molecule has 1 aromatic rings. The molecule has 0 amide bonds. The lowest BCUT2D eigenvalue weighted by atomic mass is 9.89. The minimum Gasteiger partial charge on any atom is -0.383 e. The third-order valence-electron chi connectivity index (χ3n) is 3.35. The van der Waals surface area contributed by atoms with Crippen molar-refractivity contribution in [1.82, 2.24) is 9.78 Å². The zero-order valence-electron chi connectivity index (χ0n) is 11.8. The molecule has 0 bridgehead atoms. The summed E-state index contributed by atoms with van der Waals surface area (Å²) in [4.78, 5) is 12.1. The first kappa shape index (κ1) is 15.5. The van der Waals surface area contributed by atoms with Gasteiger partial charge in [0.1, 0.15) is 4.47 Å². The lowest BCUT2D eigenvalue weighted by molar-refractivity contribution is 0.00297. The highest BCUT2D eigenvalue weighted by molar-refractivity contribution is 9.10. The van der Waals surface area contributed by atoms with E-state index in [0.29, 0.717) is 29.8 Å². The Labute approximate surface area is 126 Å². The highest BCUT2D eigenvalue weighted by Gasteiger charge is 2.30. The topological polar surface area (TPSA) is 65.4 Å². The molecular formula is C13H20BrN3O3. The zero-order chi connectivity index (χ0) is 14.5. The van der Waals surface area contributed by atoms with Crippen LogP contribution in [0.5, 0.6) is 0 Å². The monoisotopic (exact) mass is 345 g/mol. The molecule has 1 heterocycles. The standard InChI is InChI=1S/C13H20BrN3O3/c1-3-20-10-6-9(7-10)16-11-8-15-17(4-5-19-2)13(18)12(11)14/h8-10,16H,3-7H2,1-2H3. The first-order valence-electron chi connectivity index (χ1n) is 6.78. The predicted molar refractivity (Wildman–Crippen MR) is 80.1 cm³/mol. The number of nitrogens with one attached hydrogen (secondary N) is 1. The Morgan fingerprint density at radius 2 is 2.30 bits per heavy atom. The van der Waals surface area contributed by atoms with Crippen LogP contribution in [-0.2, 0) is 16.0 Å². The van der Waals surface area contributed by atoms with Crippen LogP contribution in [-0.4, -0.2) is 42.2 Å². The normalized spacial score (nSPS) is 21.6. The quantitative estimate of drug-likeness (QED) is 0.813. The number of rotatable bonds is 7. The molecule has 7 heteroatoms. The van der Waals surface area contributed by atoms with Gasteiger partial charge in [0.15, 0.2) is 0 Å². The van der Waals surface area contributed by atoms with Gasteiger partial charge < -0.3 is 14.8 Å². The van der Waals surface area contributed by atoms with Gasteiger partial charge in [0.2, 0.25) is 0 Å². The molecule has 20 heavy (non-hydrogen) atoms. The van der Waals surface area contributed by atoms with Gasteiger partial charge in [-0.15, -0.1) is 0 Å². The second-order valence-corrected chi connectivity index (χ2v) is 5.58. The minimum atomic E-state index is -0.146. The van der Waals surface area contributed by atoms with Crippen molar-refractivity contribution >= 4 is 21.6 Å². The minimum absolute atomic E-state index is 0.146. The van der Waals surface area contributed by atoms with Gasteiger partial charge in [-0.25, -0.2) is 4.68 Å². The molecule has 1 aliphatic rings. The molecule has 0 atom stereocenters. The van der Waals surface area contributed by atoms with Crippen molar-refractivity contribution in [1.29, 1.82) is 0 Å². The van der Waals surface area contributed by atoms with Gasteiger partial charge in [-0.3, -0.25) is 4.79 Å². The van der Waals surface area contributed by atoms with Crippen LogP contribution in [0.25, 0.3) is 0 Å². The summed E-state index contributed by atoms with van der Waals surface area (Å²) in [5, 5.41) is 7.47. The predicted octanol–water partition coefficient (Wildman–Crippen LogP) is 1.63. The molecule has 2 rings (SSSR count). The van der Waals surface area contributed by atoms with Gasteiger partial charge in [0.25, 0.3) is 5.56 Å². The summed E-state index contributed by atoms with van der Waals surface area (Å²) in [6, 6.07) is 0.346. The van der Waals surface area contributed by atoms with E-state index < -0.39 is 0 Å². The number of methoxy groups -OCH3 is 1. The summed E-state index contributed by atoms with van der Waals surface area (Å²) in [6.07, 6.45) is 3.95. The Bertz CT molecular complexity index is 500. The maximum Gasteiger partial charge on any atom is 0.283 e. The number of aromatic nitrogens is 2. The fourth-order valence-corrected chi connectivity index (χ4v) is 2.60. The summed E-state index contributed by atoms with van der Waals surface area (Å²) in [5.41, 5.74) is 0.594. The molecule has 112 valence electrons. The number of anilines is 1. The van der Waals surface area contributed by atoms with Crippen LogP contribution in [0, 0.1) is 0 Å². The molecule has 1 N–H and O–H groups in total. The van der Waals surface area contributed by atoms with Crippen LogP contribution in [0.4, 0.5) is 5.69 Å². The van der Waals surface area contributed by atoms with E-state index in [4.69, 9.17) is 9.47 Å². The van der Waals surface area contributed by atoms with Crippen LogP contribution >= 0.6 is 15.9 Å². The van der Waals surface area contributed by atoms with Crippen LogP contribution < -0.4 is 10.9 Å². The van der Waals surface area contributed by atoms with Crippen LogP contribution in [0.2, 0.25) is 0 Å². The average Bonchev–Trinajstić information content (AvgIpc) is 2.40. The van der Waals surface area contributed by atoms with Gasteiger partial charge in [0.05, 0.1) is 31.1 Å². The van der Waals surface area contributed by atoms with E-state index in [-0.39, 0.29) is 5.56 Å². The maximum absolute atomic E-state index is 12.1. The van der Waals surface area contributed by atoms with Gasteiger partial charge >= 0.3 is 0 Å². The highest BCUT2D eigenvalue weighted by atomic mass is 79.9. The second kappa shape index (κ2) is 7.19. The largest absolute Gasteiger partial charge is 0.383 e. The van der Waals surface area contributed by atoms with Crippen molar-refractivity contribution in [2.45, 2.75) is 38.5 Å². The van der Waals surface area contributed by atoms with Crippen molar-refractivity contribution in [3.05, 3.63) is 21.0 Å². The summed E-state index contributed by atoms with van der Waals surface area (Å²) >= 11 is 3.34. The Morgan fingerprint density at radius 3 is 2.95 bits per heavy atom. The fourth-order valence-electron chi connectivity index (χ4n) is 2.18. The van der Waals surface area contributed by atoms with Gasteiger partial charge in [-0.1, -0.05) is 0 Å². The Kier molecular flexibility index (Phi) is 5.56. The Morgan fingerprint density at radius 1 is 1.55 bits per heavy atom. The van der Waals surface area contributed by atoms with E-state index in [9.17, 15) is 4.79 Å². The molecule has 1 aromatic heterocycles. The van der Waals surface area contributed by atoms with Crippen LogP contribution in [0.3, 0.4) is 0 Å². The number of halogens is 1. The molecule has 0 spiro atoms. The summed E-state index contributed by atoms with van der Waals surface area (Å²) in [5.74, 6) is 0. The Balaban J connectivity index is 1.96. The van der Waals surface area contributed by atoms with E-state index >= 15 is 0 Å². The molecule has 0 saturated heterocycles. The van der Waals surface area contributed by atoms with Gasteiger partial charge in [0, 0.05) is 19.8 Å². The summed E-state index contributed by atoms with van der Waals surface area (Å²) < 4.78 is 12.4. The molecular weight excluding hydrogens is 326 g/mol. The number of hydrogen-bond donors (Lipinski definition) is 1. The number of hydrogen-bond acceptors (Lipinski definition) is 5. The lowest BCUT2D eigenvalue weighted by Crippen LogP contribution is -2.41.